The van der Waals surface area contributed by atoms with E-state index in [0.29, 0.717) is 31.4 Å². The molecule has 8 nitrogen and oxygen atoms in total. The SMILES string of the molecule is CCn1c(CCC(=O)NCc2cccnc2)nc2cc(S(=O)(=O)N(C)C)ccc21. The predicted octanol–water partition coefficient (Wildman–Crippen LogP) is 1.95. The van der Waals surface area contributed by atoms with Crippen molar-refractivity contribution >= 4 is 27.0 Å². The summed E-state index contributed by atoms with van der Waals surface area (Å²) < 4.78 is 27.9. The van der Waals surface area contributed by atoms with Gasteiger partial charge in [-0.2, -0.15) is 0 Å². The normalized spacial score (nSPS) is 11.9. The van der Waals surface area contributed by atoms with Crippen LogP contribution in [0.1, 0.15) is 24.7 Å². The molecule has 3 rings (SSSR count). The number of hydrogen-bond donors (Lipinski definition) is 1. The summed E-state index contributed by atoms with van der Waals surface area (Å²) in [4.78, 5) is 21.0. The number of amides is 1. The zero-order valence-electron chi connectivity index (χ0n) is 16.8. The Kier molecular flexibility index (Phi) is 6.29. The third-order valence-electron chi connectivity index (χ3n) is 4.68. The number of aromatic nitrogens is 3. The van der Waals surface area contributed by atoms with Gasteiger partial charge in [-0.25, -0.2) is 17.7 Å². The van der Waals surface area contributed by atoms with Crippen molar-refractivity contribution in [2.45, 2.75) is 37.8 Å². The predicted molar refractivity (Wildman–Crippen MR) is 111 cm³/mol. The van der Waals surface area contributed by atoms with E-state index < -0.39 is 10.0 Å². The van der Waals surface area contributed by atoms with Crippen LogP contribution in [0.3, 0.4) is 0 Å². The number of benzene rings is 1. The second-order valence-corrected chi connectivity index (χ2v) is 9.00. The largest absolute Gasteiger partial charge is 0.352 e. The molecular weight excluding hydrogens is 390 g/mol. The van der Waals surface area contributed by atoms with Crippen molar-refractivity contribution in [3.05, 3.63) is 54.1 Å². The first-order valence-corrected chi connectivity index (χ1v) is 10.8. The molecule has 0 aliphatic rings. The molecule has 0 fully saturated rings. The lowest BCUT2D eigenvalue weighted by atomic mass is 10.2. The number of nitrogens with one attached hydrogen (secondary N) is 1. The highest BCUT2D eigenvalue weighted by atomic mass is 32.2. The molecule has 0 aliphatic carbocycles. The Morgan fingerprint density at radius 3 is 2.69 bits per heavy atom. The highest BCUT2D eigenvalue weighted by molar-refractivity contribution is 7.89. The molecule has 1 N–H and O–H groups in total. The van der Waals surface area contributed by atoms with E-state index in [1.54, 1.807) is 30.6 Å². The number of sulfonamides is 1. The molecule has 1 aromatic carbocycles. The van der Waals surface area contributed by atoms with Gasteiger partial charge in [-0.15, -0.1) is 0 Å². The van der Waals surface area contributed by atoms with Crippen LogP contribution in [0, 0.1) is 0 Å². The minimum absolute atomic E-state index is 0.0700. The van der Waals surface area contributed by atoms with E-state index in [2.05, 4.69) is 15.3 Å². The maximum atomic E-state index is 12.4. The number of imidazole rings is 1. The van der Waals surface area contributed by atoms with Gasteiger partial charge in [0.1, 0.15) is 5.82 Å². The van der Waals surface area contributed by atoms with Crippen molar-refractivity contribution < 1.29 is 13.2 Å². The maximum Gasteiger partial charge on any atom is 0.242 e. The molecule has 0 spiro atoms. The molecule has 0 unspecified atom stereocenters. The smallest absolute Gasteiger partial charge is 0.242 e. The molecule has 0 aliphatic heterocycles. The van der Waals surface area contributed by atoms with Gasteiger partial charge in [-0.3, -0.25) is 9.78 Å². The number of nitrogens with zero attached hydrogens (tertiary/aromatic N) is 4. The van der Waals surface area contributed by atoms with E-state index in [9.17, 15) is 13.2 Å². The quantitative estimate of drug-likeness (QED) is 0.606. The van der Waals surface area contributed by atoms with Crippen LogP contribution in [0.4, 0.5) is 0 Å². The number of carbonyl (C=O) groups excluding carboxylic acids is 1. The lowest BCUT2D eigenvalue weighted by Gasteiger charge is -2.11. The van der Waals surface area contributed by atoms with Gasteiger partial charge in [0.2, 0.25) is 15.9 Å². The molecule has 3 aromatic rings. The van der Waals surface area contributed by atoms with E-state index in [1.807, 2.05) is 23.6 Å². The fourth-order valence-electron chi connectivity index (χ4n) is 3.09. The fraction of sp³-hybridized carbons (Fsp3) is 0.350. The van der Waals surface area contributed by atoms with Crippen LogP contribution in [0.25, 0.3) is 11.0 Å². The number of aryl methyl sites for hydroxylation is 2. The zero-order chi connectivity index (χ0) is 21.0. The van der Waals surface area contributed by atoms with Crippen LogP contribution in [-0.2, 0) is 34.3 Å². The van der Waals surface area contributed by atoms with Crippen molar-refractivity contribution in [2.75, 3.05) is 14.1 Å². The van der Waals surface area contributed by atoms with Gasteiger partial charge in [0.25, 0.3) is 0 Å². The number of carbonyl (C=O) groups is 1. The van der Waals surface area contributed by atoms with E-state index in [4.69, 9.17) is 0 Å². The molecule has 154 valence electrons. The first-order chi connectivity index (χ1) is 13.8. The van der Waals surface area contributed by atoms with Gasteiger partial charge < -0.3 is 9.88 Å². The summed E-state index contributed by atoms with van der Waals surface area (Å²) in [5, 5.41) is 2.88. The zero-order valence-corrected chi connectivity index (χ0v) is 17.6. The van der Waals surface area contributed by atoms with Crippen LogP contribution in [0.5, 0.6) is 0 Å². The number of hydrogen-bond acceptors (Lipinski definition) is 5. The van der Waals surface area contributed by atoms with Gasteiger partial charge in [0.15, 0.2) is 0 Å². The van der Waals surface area contributed by atoms with Gasteiger partial charge >= 0.3 is 0 Å². The highest BCUT2D eigenvalue weighted by Crippen LogP contribution is 2.22. The summed E-state index contributed by atoms with van der Waals surface area (Å²) in [6.07, 6.45) is 4.18. The van der Waals surface area contributed by atoms with Crippen molar-refractivity contribution in [2.24, 2.45) is 0 Å². The van der Waals surface area contributed by atoms with E-state index >= 15 is 0 Å². The molecule has 0 bridgehead atoms. The van der Waals surface area contributed by atoms with E-state index in [-0.39, 0.29) is 10.8 Å². The van der Waals surface area contributed by atoms with E-state index in [1.165, 1.54) is 18.4 Å². The standard InChI is InChI=1S/C20H25N5O3S/c1-4-25-18-8-7-16(29(27,28)24(2)3)12-17(18)23-19(25)9-10-20(26)22-14-15-6-5-11-21-13-15/h5-8,11-13H,4,9-10,14H2,1-3H3,(H,22,26). The molecule has 0 atom stereocenters. The second-order valence-electron chi connectivity index (χ2n) is 6.85. The molecule has 0 saturated heterocycles. The Morgan fingerprint density at radius 2 is 2.03 bits per heavy atom. The average molecular weight is 416 g/mol. The van der Waals surface area contributed by atoms with Crippen LogP contribution >= 0.6 is 0 Å². The first kappa shape index (κ1) is 20.9. The summed E-state index contributed by atoms with van der Waals surface area (Å²) in [6.45, 7) is 3.11. The van der Waals surface area contributed by atoms with Crippen molar-refractivity contribution in [1.29, 1.82) is 0 Å². The Bertz CT molecular complexity index is 1110. The molecule has 2 heterocycles. The van der Waals surface area contributed by atoms with Gasteiger partial charge in [-0.05, 0) is 36.8 Å². The average Bonchev–Trinajstić information content (AvgIpc) is 3.08. The van der Waals surface area contributed by atoms with Crippen molar-refractivity contribution in [3.8, 4) is 0 Å². The molecule has 0 saturated carbocycles. The van der Waals surface area contributed by atoms with Crippen molar-refractivity contribution in [1.82, 2.24) is 24.2 Å². The molecule has 1 amide bonds. The monoisotopic (exact) mass is 415 g/mol. The third-order valence-corrected chi connectivity index (χ3v) is 6.49. The van der Waals surface area contributed by atoms with Gasteiger partial charge in [0, 0.05) is 52.4 Å². The third kappa shape index (κ3) is 4.63. The lowest BCUT2D eigenvalue weighted by molar-refractivity contribution is -0.121. The fourth-order valence-corrected chi connectivity index (χ4v) is 4.01. The first-order valence-electron chi connectivity index (χ1n) is 9.40. The van der Waals surface area contributed by atoms with Crippen LogP contribution < -0.4 is 5.32 Å². The second kappa shape index (κ2) is 8.71. The molecule has 9 heteroatoms. The van der Waals surface area contributed by atoms with Crippen LogP contribution in [-0.4, -0.2) is 47.3 Å². The highest BCUT2D eigenvalue weighted by Gasteiger charge is 2.19. The summed E-state index contributed by atoms with van der Waals surface area (Å²) in [5.41, 5.74) is 2.41. The van der Waals surface area contributed by atoms with E-state index in [0.717, 1.165) is 16.9 Å². The number of rotatable bonds is 8. The Labute approximate surface area is 170 Å². The van der Waals surface area contributed by atoms with Crippen LogP contribution in [0.2, 0.25) is 0 Å². The van der Waals surface area contributed by atoms with Crippen LogP contribution in [0.15, 0.2) is 47.6 Å². The van der Waals surface area contributed by atoms with Gasteiger partial charge in [0.05, 0.1) is 15.9 Å². The maximum absolute atomic E-state index is 12.4. The summed E-state index contributed by atoms with van der Waals surface area (Å²) >= 11 is 0. The van der Waals surface area contributed by atoms with Crippen molar-refractivity contribution in [3.63, 3.8) is 0 Å². The Balaban J connectivity index is 1.74. The minimum Gasteiger partial charge on any atom is -0.352 e. The number of fused-ring (bicyclic) bond motifs is 1. The number of pyridine rings is 1. The molecule has 0 radical (unpaired) electrons. The summed E-state index contributed by atoms with van der Waals surface area (Å²) in [6, 6.07) is 8.69. The topological polar surface area (TPSA) is 97.2 Å². The van der Waals surface area contributed by atoms with Gasteiger partial charge in [-0.1, -0.05) is 6.07 Å². The Morgan fingerprint density at radius 1 is 1.24 bits per heavy atom. The minimum atomic E-state index is -3.52. The Hall–Kier alpha value is -2.78. The summed E-state index contributed by atoms with van der Waals surface area (Å²) in [7, 11) is -0.524. The lowest BCUT2D eigenvalue weighted by Crippen LogP contribution is -2.23. The molecule has 29 heavy (non-hydrogen) atoms. The molecule has 2 aromatic heterocycles. The summed E-state index contributed by atoms with van der Waals surface area (Å²) in [5.74, 6) is 0.692. The molecular formula is C20H25N5O3S.